The Hall–Kier alpha value is -3.21. The van der Waals surface area contributed by atoms with E-state index in [1.807, 2.05) is 30.3 Å². The summed E-state index contributed by atoms with van der Waals surface area (Å²) in [6.07, 6.45) is -4.75. The number of rotatable bonds is 8. The Morgan fingerprint density at radius 1 is 1.22 bits per heavy atom. The van der Waals surface area contributed by atoms with Crippen LogP contribution in [0.15, 0.2) is 46.5 Å². The van der Waals surface area contributed by atoms with E-state index in [1.54, 1.807) is 0 Å². The largest absolute Gasteiger partial charge is 0.522 e. The van der Waals surface area contributed by atoms with Gasteiger partial charge < -0.3 is 14.6 Å². The molecule has 11 heteroatoms. The molecule has 8 nitrogen and oxygen atoms in total. The number of benzene rings is 1. The molecule has 4 rings (SSSR count). The van der Waals surface area contributed by atoms with E-state index in [0.29, 0.717) is 24.1 Å². The molecule has 0 unspecified atom stereocenters. The molecular weight excluding hydrogens is 429 g/mol. The minimum atomic E-state index is -4.65. The molecule has 1 atom stereocenters. The number of alkyl halides is 3. The first-order valence-electron chi connectivity index (χ1n) is 10.1. The fourth-order valence-electron chi connectivity index (χ4n) is 3.49. The van der Waals surface area contributed by atoms with Gasteiger partial charge in [0.25, 0.3) is 5.91 Å². The summed E-state index contributed by atoms with van der Waals surface area (Å²) in [6, 6.07) is 9.51. The van der Waals surface area contributed by atoms with Crippen LogP contribution in [0.3, 0.4) is 0 Å². The van der Waals surface area contributed by atoms with Crippen molar-refractivity contribution in [3.63, 3.8) is 0 Å². The van der Waals surface area contributed by atoms with Crippen molar-refractivity contribution in [2.45, 2.75) is 50.2 Å². The van der Waals surface area contributed by atoms with Gasteiger partial charge in [0.05, 0.1) is 6.10 Å². The van der Waals surface area contributed by atoms with E-state index in [4.69, 9.17) is 9.25 Å². The summed E-state index contributed by atoms with van der Waals surface area (Å²) in [7, 11) is 0. The number of amides is 1. The zero-order chi connectivity index (χ0) is 22.7. The lowest BCUT2D eigenvalue weighted by Crippen LogP contribution is -2.34. The number of hydrogen-bond donors (Lipinski definition) is 1. The number of ether oxygens (including phenoxy) is 1. The van der Waals surface area contributed by atoms with E-state index in [9.17, 15) is 18.0 Å². The topological polar surface area (TPSA) is 98.8 Å². The molecule has 0 radical (unpaired) electrons. The minimum Gasteiger partial charge on any atom is -0.421 e. The van der Waals surface area contributed by atoms with Crippen LogP contribution in [0, 0.1) is 0 Å². The molecule has 2 aromatic rings. The van der Waals surface area contributed by atoms with Crippen LogP contribution < -0.4 is 5.32 Å². The van der Waals surface area contributed by atoms with Crippen LogP contribution in [0.2, 0.25) is 0 Å². The molecule has 0 bridgehead atoms. The second kappa shape index (κ2) is 9.11. The fourth-order valence-corrected chi connectivity index (χ4v) is 3.49. The number of oxime groups is 1. The molecule has 2 aliphatic rings. The van der Waals surface area contributed by atoms with Gasteiger partial charge in [-0.25, -0.2) is 0 Å². The highest BCUT2D eigenvalue weighted by molar-refractivity contribution is 6.39. The Bertz CT molecular complexity index is 1000. The molecule has 1 aromatic carbocycles. The first kappa shape index (κ1) is 22.0. The summed E-state index contributed by atoms with van der Waals surface area (Å²) < 4.78 is 46.1. The quantitative estimate of drug-likeness (QED) is 0.655. The van der Waals surface area contributed by atoms with Gasteiger partial charge in [-0.3, -0.25) is 9.53 Å². The number of hydrogen-bond acceptors (Lipinski definition) is 7. The highest BCUT2D eigenvalue weighted by Gasteiger charge is 2.42. The number of aromatic nitrogens is 2. The smallest absolute Gasteiger partial charge is 0.421 e. The van der Waals surface area contributed by atoms with Gasteiger partial charge in [0.15, 0.2) is 6.10 Å². The summed E-state index contributed by atoms with van der Waals surface area (Å²) >= 11 is 0. The minimum absolute atomic E-state index is 0.165. The highest BCUT2D eigenvalue weighted by atomic mass is 19.4. The fraction of sp³-hybridized carbons (Fsp3) is 0.429. The number of carbonyl (C=O) groups is 1. The molecule has 0 spiro atoms. The van der Waals surface area contributed by atoms with Crippen LogP contribution >= 0.6 is 0 Å². The van der Waals surface area contributed by atoms with E-state index in [1.165, 1.54) is 0 Å². The van der Waals surface area contributed by atoms with Gasteiger partial charge in [0.2, 0.25) is 11.8 Å². The van der Waals surface area contributed by atoms with Gasteiger partial charge >= 0.3 is 6.36 Å². The summed E-state index contributed by atoms with van der Waals surface area (Å²) in [5.41, 5.74) is 1.77. The standard InChI is InChI=1S/C21H21F3N4O4/c1-12(19-26-27-20(30-19)14-9-15(10-14)31-21(22,23)24)7-8-25-18(29)16-11-17(32-28-16)13-5-3-2-4-6-13/h2-6,14-15,17H,1,7-11H2,(H,25,29)/t14?,15?,17-/m0/s1. The van der Waals surface area contributed by atoms with E-state index in [0.717, 1.165) is 5.56 Å². The molecule has 170 valence electrons. The Labute approximate surface area is 181 Å². The molecule has 2 heterocycles. The van der Waals surface area contributed by atoms with Crippen molar-refractivity contribution in [2.24, 2.45) is 5.16 Å². The van der Waals surface area contributed by atoms with Crippen LogP contribution in [0.4, 0.5) is 13.2 Å². The van der Waals surface area contributed by atoms with Gasteiger partial charge in [-0.05, 0) is 24.8 Å². The molecule has 1 amide bonds. The zero-order valence-electron chi connectivity index (χ0n) is 17.0. The van der Waals surface area contributed by atoms with E-state index >= 15 is 0 Å². The number of nitrogens with zero attached hydrogens (tertiary/aromatic N) is 3. The highest BCUT2D eigenvalue weighted by Crippen LogP contribution is 2.41. The second-order valence-electron chi connectivity index (χ2n) is 7.66. The molecule has 1 aliphatic carbocycles. The van der Waals surface area contributed by atoms with Crippen molar-refractivity contribution in [1.82, 2.24) is 15.5 Å². The lowest BCUT2D eigenvalue weighted by atomic mass is 9.82. The van der Waals surface area contributed by atoms with Gasteiger partial charge in [-0.1, -0.05) is 42.1 Å². The third kappa shape index (κ3) is 5.34. The van der Waals surface area contributed by atoms with Gasteiger partial charge in [0.1, 0.15) is 5.71 Å². The third-order valence-corrected chi connectivity index (χ3v) is 5.30. The van der Waals surface area contributed by atoms with Crippen LogP contribution in [-0.2, 0) is 14.4 Å². The molecule has 1 aliphatic heterocycles. The monoisotopic (exact) mass is 450 g/mol. The van der Waals surface area contributed by atoms with Crippen LogP contribution in [-0.4, -0.2) is 40.8 Å². The molecule has 0 saturated heterocycles. The van der Waals surface area contributed by atoms with Crippen molar-refractivity contribution >= 4 is 17.2 Å². The molecule has 1 fully saturated rings. The molecule has 1 saturated carbocycles. The van der Waals surface area contributed by atoms with Crippen molar-refractivity contribution in [2.75, 3.05) is 6.54 Å². The molecule has 1 aromatic heterocycles. The Morgan fingerprint density at radius 3 is 2.69 bits per heavy atom. The molecular formula is C21H21F3N4O4. The van der Waals surface area contributed by atoms with Crippen molar-refractivity contribution in [3.8, 4) is 0 Å². The lowest BCUT2D eigenvalue weighted by Gasteiger charge is -2.32. The van der Waals surface area contributed by atoms with Crippen molar-refractivity contribution < 1.29 is 32.0 Å². The predicted octanol–water partition coefficient (Wildman–Crippen LogP) is 3.89. The summed E-state index contributed by atoms with van der Waals surface area (Å²) in [5.74, 6) is -0.140. The average Bonchev–Trinajstić information content (AvgIpc) is 3.40. The van der Waals surface area contributed by atoms with E-state index in [2.05, 4.69) is 32.0 Å². The second-order valence-corrected chi connectivity index (χ2v) is 7.66. The van der Waals surface area contributed by atoms with Crippen LogP contribution in [0.1, 0.15) is 55.1 Å². The normalized spacial score (nSPS) is 22.6. The zero-order valence-corrected chi connectivity index (χ0v) is 17.0. The van der Waals surface area contributed by atoms with E-state index < -0.39 is 12.5 Å². The van der Waals surface area contributed by atoms with E-state index in [-0.39, 0.29) is 49.1 Å². The average molecular weight is 450 g/mol. The van der Waals surface area contributed by atoms with Gasteiger partial charge in [-0.2, -0.15) is 0 Å². The molecule has 1 N–H and O–H groups in total. The lowest BCUT2D eigenvalue weighted by molar-refractivity contribution is -0.352. The maximum Gasteiger partial charge on any atom is 0.522 e. The Morgan fingerprint density at radius 2 is 1.97 bits per heavy atom. The molecule has 32 heavy (non-hydrogen) atoms. The van der Waals surface area contributed by atoms with Crippen molar-refractivity contribution in [3.05, 3.63) is 54.3 Å². The predicted molar refractivity (Wildman–Crippen MR) is 106 cm³/mol. The first-order valence-corrected chi connectivity index (χ1v) is 10.1. The Kier molecular flexibility index (Phi) is 6.26. The summed E-state index contributed by atoms with van der Waals surface area (Å²) in [4.78, 5) is 17.7. The summed E-state index contributed by atoms with van der Waals surface area (Å²) in [6.45, 7) is 4.15. The summed E-state index contributed by atoms with van der Waals surface area (Å²) in [5, 5.41) is 14.4. The third-order valence-electron chi connectivity index (χ3n) is 5.30. The Balaban J connectivity index is 1.19. The van der Waals surface area contributed by atoms with Crippen molar-refractivity contribution in [1.29, 1.82) is 0 Å². The maximum atomic E-state index is 12.3. The van der Waals surface area contributed by atoms with Gasteiger partial charge in [0, 0.05) is 24.5 Å². The van der Waals surface area contributed by atoms with Gasteiger partial charge in [-0.15, -0.1) is 23.4 Å². The maximum absolute atomic E-state index is 12.3. The van der Waals surface area contributed by atoms with Crippen LogP contribution in [0.25, 0.3) is 5.57 Å². The number of nitrogens with one attached hydrogen (secondary N) is 1. The number of carbonyl (C=O) groups excluding carboxylic acids is 1. The first-order chi connectivity index (χ1) is 15.3. The number of halogens is 3. The SMILES string of the molecule is C=C(CCNC(=O)C1=NO[C@H](c2ccccc2)C1)c1nnc(C2CC(OC(F)(F)F)C2)o1. The van der Waals surface area contributed by atoms with Crippen LogP contribution in [0.5, 0.6) is 0 Å².